The quantitative estimate of drug-likeness (QED) is 0.767. The molecule has 0 saturated carbocycles. The van der Waals surface area contributed by atoms with Crippen LogP contribution in [0.1, 0.15) is 11.4 Å². The number of aryl methyl sites for hydroxylation is 2. The lowest BCUT2D eigenvalue weighted by Gasteiger charge is -2.12. The zero-order valence-electron chi connectivity index (χ0n) is 13.2. The van der Waals surface area contributed by atoms with E-state index >= 15 is 0 Å². The maximum Gasteiger partial charge on any atom is 0.264 e. The standard InChI is InChI=1S/C15H13F2N5O2S/c1-9-3-5-12(8-14(9)22-10(2)18-20-21-22)19-25(23,24)15-6-4-11(16)7-13(15)17/h3-8,19H,1-2H3. The van der Waals surface area contributed by atoms with Crippen molar-refractivity contribution < 1.29 is 17.2 Å². The SMILES string of the molecule is Cc1ccc(NS(=O)(=O)c2ccc(F)cc2F)cc1-n1nnnc1C. The largest absolute Gasteiger partial charge is 0.279 e. The van der Waals surface area contributed by atoms with Crippen LogP contribution in [-0.2, 0) is 10.0 Å². The number of hydrogen-bond donors (Lipinski definition) is 1. The van der Waals surface area contributed by atoms with Crippen molar-refractivity contribution in [3.05, 3.63) is 59.4 Å². The first-order chi connectivity index (χ1) is 11.8. The minimum absolute atomic E-state index is 0.194. The Morgan fingerprint density at radius 1 is 1.08 bits per heavy atom. The normalized spacial score (nSPS) is 11.5. The predicted octanol–water partition coefficient (Wildman–Crippen LogP) is 2.36. The summed E-state index contributed by atoms with van der Waals surface area (Å²) >= 11 is 0. The van der Waals surface area contributed by atoms with Gasteiger partial charge in [-0.25, -0.2) is 17.2 Å². The Kier molecular flexibility index (Phi) is 4.21. The molecule has 1 N–H and O–H groups in total. The van der Waals surface area contributed by atoms with Gasteiger partial charge in [0.15, 0.2) is 5.82 Å². The molecule has 1 aromatic heterocycles. The average Bonchev–Trinajstić information content (AvgIpc) is 2.94. The van der Waals surface area contributed by atoms with Crippen molar-refractivity contribution in [3.8, 4) is 5.69 Å². The van der Waals surface area contributed by atoms with Crippen molar-refractivity contribution in [1.29, 1.82) is 0 Å². The monoisotopic (exact) mass is 365 g/mol. The molecule has 0 unspecified atom stereocenters. The molecule has 0 fully saturated rings. The van der Waals surface area contributed by atoms with Gasteiger partial charge >= 0.3 is 0 Å². The van der Waals surface area contributed by atoms with E-state index in [1.165, 1.54) is 16.8 Å². The fraction of sp³-hybridized carbons (Fsp3) is 0.133. The molecule has 25 heavy (non-hydrogen) atoms. The molecule has 7 nitrogen and oxygen atoms in total. The highest BCUT2D eigenvalue weighted by atomic mass is 32.2. The minimum Gasteiger partial charge on any atom is -0.279 e. The molecular weight excluding hydrogens is 352 g/mol. The lowest BCUT2D eigenvalue weighted by atomic mass is 10.2. The van der Waals surface area contributed by atoms with Crippen molar-refractivity contribution in [2.24, 2.45) is 0 Å². The summed E-state index contributed by atoms with van der Waals surface area (Å²) < 4.78 is 55.2. The van der Waals surface area contributed by atoms with Gasteiger partial charge in [0.1, 0.15) is 16.5 Å². The summed E-state index contributed by atoms with van der Waals surface area (Å²) in [6, 6.07) is 6.99. The molecule has 3 aromatic rings. The fourth-order valence-electron chi connectivity index (χ4n) is 2.26. The predicted molar refractivity (Wildman–Crippen MR) is 85.8 cm³/mol. The second-order valence-electron chi connectivity index (χ2n) is 5.32. The maximum atomic E-state index is 13.8. The Balaban J connectivity index is 1.99. The zero-order valence-corrected chi connectivity index (χ0v) is 14.1. The highest BCUT2D eigenvalue weighted by molar-refractivity contribution is 7.92. The van der Waals surface area contributed by atoms with Gasteiger partial charge in [0.05, 0.1) is 11.4 Å². The summed E-state index contributed by atoms with van der Waals surface area (Å²) in [5, 5.41) is 11.2. The molecule has 130 valence electrons. The lowest BCUT2D eigenvalue weighted by Crippen LogP contribution is -2.15. The molecule has 0 bridgehead atoms. The molecule has 0 aliphatic rings. The number of nitrogens with one attached hydrogen (secondary N) is 1. The smallest absolute Gasteiger partial charge is 0.264 e. The molecule has 0 aliphatic carbocycles. The lowest BCUT2D eigenvalue weighted by molar-refractivity contribution is 0.551. The zero-order chi connectivity index (χ0) is 18.2. The van der Waals surface area contributed by atoms with Crippen LogP contribution in [0.3, 0.4) is 0 Å². The third kappa shape index (κ3) is 3.33. The van der Waals surface area contributed by atoms with E-state index in [2.05, 4.69) is 20.2 Å². The van der Waals surface area contributed by atoms with Crippen LogP contribution >= 0.6 is 0 Å². The van der Waals surface area contributed by atoms with Gasteiger partial charge in [-0.1, -0.05) is 6.07 Å². The van der Waals surface area contributed by atoms with Crippen molar-refractivity contribution in [1.82, 2.24) is 20.2 Å². The van der Waals surface area contributed by atoms with Crippen LogP contribution in [0.15, 0.2) is 41.3 Å². The van der Waals surface area contributed by atoms with Crippen LogP contribution in [-0.4, -0.2) is 28.6 Å². The van der Waals surface area contributed by atoms with Crippen LogP contribution in [0.4, 0.5) is 14.5 Å². The van der Waals surface area contributed by atoms with Crippen LogP contribution in [0.5, 0.6) is 0 Å². The molecule has 10 heteroatoms. The number of benzene rings is 2. The molecule has 0 atom stereocenters. The Morgan fingerprint density at radius 3 is 2.48 bits per heavy atom. The Hall–Kier alpha value is -2.88. The summed E-state index contributed by atoms with van der Waals surface area (Å²) in [5.41, 5.74) is 1.58. The number of hydrogen-bond acceptors (Lipinski definition) is 5. The van der Waals surface area contributed by atoms with Crippen LogP contribution < -0.4 is 4.72 Å². The molecule has 2 aromatic carbocycles. The van der Waals surface area contributed by atoms with Gasteiger partial charge in [-0.3, -0.25) is 4.72 Å². The Morgan fingerprint density at radius 2 is 1.84 bits per heavy atom. The van der Waals surface area contributed by atoms with Crippen molar-refractivity contribution in [2.75, 3.05) is 4.72 Å². The van der Waals surface area contributed by atoms with E-state index in [-0.39, 0.29) is 5.69 Å². The first-order valence-corrected chi connectivity index (χ1v) is 8.60. The van der Waals surface area contributed by atoms with E-state index in [4.69, 9.17) is 0 Å². The number of sulfonamides is 1. The first kappa shape index (κ1) is 17.0. The number of nitrogens with zero attached hydrogens (tertiary/aromatic N) is 4. The van der Waals surface area contributed by atoms with Crippen molar-refractivity contribution >= 4 is 15.7 Å². The van der Waals surface area contributed by atoms with Crippen LogP contribution in [0.25, 0.3) is 5.69 Å². The van der Waals surface area contributed by atoms with Gasteiger partial charge in [-0.05, 0) is 54.1 Å². The summed E-state index contributed by atoms with van der Waals surface area (Å²) in [4.78, 5) is -0.644. The van der Waals surface area contributed by atoms with Gasteiger partial charge in [0.2, 0.25) is 0 Å². The molecule has 1 heterocycles. The first-order valence-electron chi connectivity index (χ1n) is 7.12. The van der Waals surface area contributed by atoms with Crippen LogP contribution in [0, 0.1) is 25.5 Å². The van der Waals surface area contributed by atoms with Gasteiger partial charge in [-0.15, -0.1) is 5.10 Å². The minimum atomic E-state index is -4.22. The van der Waals surface area contributed by atoms with Gasteiger partial charge in [0, 0.05) is 6.07 Å². The number of aromatic nitrogens is 4. The molecule has 0 amide bonds. The third-order valence-corrected chi connectivity index (χ3v) is 4.91. The van der Waals surface area contributed by atoms with Crippen molar-refractivity contribution in [3.63, 3.8) is 0 Å². The molecule has 0 saturated heterocycles. The van der Waals surface area contributed by atoms with E-state index < -0.39 is 26.6 Å². The molecule has 3 rings (SSSR count). The van der Waals surface area contributed by atoms with E-state index in [0.717, 1.165) is 17.7 Å². The average molecular weight is 365 g/mol. The summed E-state index contributed by atoms with van der Waals surface area (Å²) in [6.07, 6.45) is 0. The Labute approximate surface area is 142 Å². The van der Waals surface area contributed by atoms with Crippen molar-refractivity contribution in [2.45, 2.75) is 18.7 Å². The highest BCUT2D eigenvalue weighted by Crippen LogP contribution is 2.23. The topological polar surface area (TPSA) is 89.8 Å². The fourth-order valence-corrected chi connectivity index (χ4v) is 3.37. The van der Waals surface area contributed by atoms with E-state index in [1.807, 2.05) is 6.92 Å². The maximum absolute atomic E-state index is 13.8. The number of tetrazole rings is 1. The summed E-state index contributed by atoms with van der Waals surface area (Å²) in [6.45, 7) is 3.51. The number of halogens is 2. The second-order valence-corrected chi connectivity index (χ2v) is 6.97. The van der Waals surface area contributed by atoms with Gasteiger partial charge in [-0.2, -0.15) is 4.68 Å². The van der Waals surface area contributed by atoms with Gasteiger partial charge in [0.25, 0.3) is 10.0 Å². The second kappa shape index (κ2) is 6.20. The summed E-state index contributed by atoms with van der Waals surface area (Å²) in [7, 11) is -4.22. The van der Waals surface area contributed by atoms with Crippen LogP contribution in [0.2, 0.25) is 0 Å². The number of anilines is 1. The molecule has 0 radical (unpaired) electrons. The van der Waals surface area contributed by atoms with Gasteiger partial charge < -0.3 is 0 Å². The summed E-state index contributed by atoms with van der Waals surface area (Å²) in [5.74, 6) is -1.51. The molecule has 0 spiro atoms. The number of rotatable bonds is 4. The van der Waals surface area contributed by atoms with E-state index in [0.29, 0.717) is 17.6 Å². The highest BCUT2D eigenvalue weighted by Gasteiger charge is 2.20. The van der Waals surface area contributed by atoms with E-state index in [1.54, 1.807) is 13.0 Å². The third-order valence-electron chi connectivity index (χ3n) is 3.50. The van der Waals surface area contributed by atoms with E-state index in [9.17, 15) is 17.2 Å². The molecular formula is C15H13F2N5O2S. The molecule has 0 aliphatic heterocycles. The Bertz CT molecular complexity index is 1050.